The van der Waals surface area contributed by atoms with Gasteiger partial charge in [-0.1, -0.05) is 6.92 Å². The third-order valence-electron chi connectivity index (χ3n) is 2.11. The van der Waals surface area contributed by atoms with E-state index in [0.29, 0.717) is 11.5 Å². The quantitative estimate of drug-likeness (QED) is 0.795. The maximum atomic E-state index is 10.9. The van der Waals surface area contributed by atoms with Gasteiger partial charge in [0.25, 0.3) is 0 Å². The van der Waals surface area contributed by atoms with Gasteiger partial charge in [0.1, 0.15) is 6.04 Å². The minimum atomic E-state index is -1.01. The predicted octanol–water partition coefficient (Wildman–Crippen LogP) is 1.53. The van der Waals surface area contributed by atoms with Crippen LogP contribution in [0.4, 0.5) is 0 Å². The van der Waals surface area contributed by atoms with Crippen molar-refractivity contribution in [2.24, 2.45) is 0 Å². The Morgan fingerprint density at radius 2 is 2.33 bits per heavy atom. The number of amides is 1. The number of aryl methyl sites for hydroxylation is 1. The lowest BCUT2D eigenvalue weighted by Crippen LogP contribution is -2.41. The summed E-state index contributed by atoms with van der Waals surface area (Å²) in [4.78, 5) is 26.1. The molecule has 1 atom stereocenters. The Kier molecular flexibility index (Phi) is 6.14. The van der Waals surface area contributed by atoms with Gasteiger partial charge in [-0.05, 0) is 6.42 Å². The van der Waals surface area contributed by atoms with E-state index in [2.05, 4.69) is 10.3 Å². The molecule has 100 valence electrons. The average Bonchev–Trinajstić information content (AvgIpc) is 2.75. The van der Waals surface area contributed by atoms with Gasteiger partial charge in [-0.3, -0.25) is 4.79 Å². The highest BCUT2D eigenvalue weighted by Gasteiger charge is 2.18. The Hall–Kier alpha value is -1.08. The summed E-state index contributed by atoms with van der Waals surface area (Å²) in [7, 11) is 0. The monoisotopic (exact) mass is 288 g/mol. The van der Waals surface area contributed by atoms with E-state index in [4.69, 9.17) is 5.11 Å². The van der Waals surface area contributed by atoms with E-state index in [0.717, 1.165) is 17.1 Å². The number of aromatic nitrogens is 1. The number of thiazole rings is 1. The van der Waals surface area contributed by atoms with Crippen LogP contribution in [0.5, 0.6) is 0 Å². The van der Waals surface area contributed by atoms with Crippen LogP contribution < -0.4 is 5.32 Å². The van der Waals surface area contributed by atoms with Crippen LogP contribution in [-0.2, 0) is 21.8 Å². The van der Waals surface area contributed by atoms with E-state index < -0.39 is 12.0 Å². The normalized spacial score (nSPS) is 12.1. The van der Waals surface area contributed by atoms with Crippen molar-refractivity contribution in [2.75, 3.05) is 5.75 Å². The molecule has 1 aromatic heterocycles. The Labute approximate surface area is 114 Å². The lowest BCUT2D eigenvalue weighted by Gasteiger charge is -2.11. The minimum absolute atomic E-state index is 0.329. The number of hydrogen-bond acceptors (Lipinski definition) is 5. The molecule has 2 N–H and O–H groups in total. The fourth-order valence-corrected chi connectivity index (χ4v) is 3.07. The number of rotatable bonds is 7. The number of carboxylic acid groups (broad SMARTS) is 1. The van der Waals surface area contributed by atoms with Gasteiger partial charge in [0.15, 0.2) is 0 Å². The van der Waals surface area contributed by atoms with Crippen molar-refractivity contribution in [3.05, 3.63) is 16.1 Å². The zero-order valence-electron chi connectivity index (χ0n) is 10.3. The maximum Gasteiger partial charge on any atom is 0.327 e. The van der Waals surface area contributed by atoms with Crippen molar-refractivity contribution in [1.29, 1.82) is 0 Å². The van der Waals surface area contributed by atoms with Crippen LogP contribution in [0.25, 0.3) is 0 Å². The number of carbonyl (C=O) groups excluding carboxylic acids is 1. The Morgan fingerprint density at radius 3 is 2.83 bits per heavy atom. The predicted molar refractivity (Wildman–Crippen MR) is 72.9 cm³/mol. The van der Waals surface area contributed by atoms with Crippen molar-refractivity contribution in [3.8, 4) is 0 Å². The molecule has 5 nitrogen and oxygen atoms in total. The smallest absolute Gasteiger partial charge is 0.327 e. The van der Waals surface area contributed by atoms with Gasteiger partial charge in [-0.2, -0.15) is 11.8 Å². The van der Waals surface area contributed by atoms with Crippen LogP contribution in [0.15, 0.2) is 5.38 Å². The molecule has 0 saturated carbocycles. The summed E-state index contributed by atoms with van der Waals surface area (Å²) in [5.41, 5.74) is 0.966. The van der Waals surface area contributed by atoms with Gasteiger partial charge in [0.2, 0.25) is 5.91 Å². The Bertz CT molecular complexity index is 420. The third-order valence-corrected chi connectivity index (χ3v) is 4.22. The summed E-state index contributed by atoms with van der Waals surface area (Å²) in [5, 5.41) is 14.4. The van der Waals surface area contributed by atoms with Gasteiger partial charge in [-0.15, -0.1) is 11.3 Å². The summed E-state index contributed by atoms with van der Waals surface area (Å²) < 4.78 is 0. The average molecular weight is 288 g/mol. The summed E-state index contributed by atoms with van der Waals surface area (Å²) in [6.45, 7) is 3.36. The van der Waals surface area contributed by atoms with Gasteiger partial charge >= 0.3 is 5.97 Å². The molecule has 0 aliphatic carbocycles. The lowest BCUT2D eigenvalue weighted by atomic mass is 10.3. The molecule has 0 fully saturated rings. The van der Waals surface area contributed by atoms with Gasteiger partial charge in [0, 0.05) is 23.8 Å². The molecule has 18 heavy (non-hydrogen) atoms. The Morgan fingerprint density at radius 1 is 1.61 bits per heavy atom. The zero-order valence-corrected chi connectivity index (χ0v) is 11.9. The SMILES string of the molecule is CCc1nc(CSC[C@H](NC(C)=O)C(=O)O)cs1. The van der Waals surface area contributed by atoms with Crippen molar-refractivity contribution in [1.82, 2.24) is 10.3 Å². The number of thioether (sulfide) groups is 1. The summed E-state index contributed by atoms with van der Waals surface area (Å²) in [5.74, 6) is -0.330. The largest absolute Gasteiger partial charge is 0.480 e. The van der Waals surface area contributed by atoms with Gasteiger partial charge in [0.05, 0.1) is 10.7 Å². The Balaban J connectivity index is 2.38. The molecule has 1 aromatic rings. The highest BCUT2D eigenvalue weighted by atomic mass is 32.2. The summed E-state index contributed by atoms with van der Waals surface area (Å²) >= 11 is 3.07. The molecular weight excluding hydrogens is 272 g/mol. The minimum Gasteiger partial charge on any atom is -0.480 e. The number of nitrogens with one attached hydrogen (secondary N) is 1. The highest BCUT2D eigenvalue weighted by molar-refractivity contribution is 7.98. The first kappa shape index (κ1) is 15.0. The second-order valence-electron chi connectivity index (χ2n) is 3.69. The molecule has 0 spiro atoms. The zero-order chi connectivity index (χ0) is 13.5. The molecule has 1 heterocycles. The first-order chi connectivity index (χ1) is 8.52. The van der Waals surface area contributed by atoms with Crippen molar-refractivity contribution < 1.29 is 14.7 Å². The molecule has 0 aromatic carbocycles. The van der Waals surface area contributed by atoms with Crippen LogP contribution in [0.3, 0.4) is 0 Å². The second kappa shape index (κ2) is 7.38. The first-order valence-electron chi connectivity index (χ1n) is 5.53. The van der Waals surface area contributed by atoms with Crippen LogP contribution in [-0.4, -0.2) is 33.8 Å². The van der Waals surface area contributed by atoms with Crippen LogP contribution in [0.2, 0.25) is 0 Å². The van der Waals surface area contributed by atoms with E-state index in [1.54, 1.807) is 11.3 Å². The number of aliphatic carboxylic acids is 1. The van der Waals surface area contributed by atoms with Gasteiger partial charge < -0.3 is 10.4 Å². The molecule has 0 aliphatic heterocycles. The fourth-order valence-electron chi connectivity index (χ4n) is 1.28. The third kappa shape index (κ3) is 5.05. The van der Waals surface area contributed by atoms with Crippen LogP contribution in [0, 0.1) is 0 Å². The molecule has 1 rings (SSSR count). The molecule has 0 unspecified atom stereocenters. The highest BCUT2D eigenvalue weighted by Crippen LogP contribution is 2.16. The molecule has 0 aliphatic rings. The fraction of sp³-hybridized carbons (Fsp3) is 0.545. The number of carbonyl (C=O) groups is 2. The van der Waals surface area contributed by atoms with Gasteiger partial charge in [-0.25, -0.2) is 9.78 Å². The lowest BCUT2D eigenvalue weighted by molar-refractivity contribution is -0.140. The van der Waals surface area contributed by atoms with Crippen molar-refractivity contribution in [3.63, 3.8) is 0 Å². The molecule has 0 saturated heterocycles. The van der Waals surface area contributed by atoms with E-state index in [1.165, 1.54) is 18.7 Å². The molecule has 0 radical (unpaired) electrons. The number of carboxylic acids is 1. The van der Waals surface area contributed by atoms with Crippen LogP contribution in [0.1, 0.15) is 24.5 Å². The summed E-state index contributed by atoms with van der Waals surface area (Å²) in [6, 6.07) is -0.836. The molecule has 0 bridgehead atoms. The van der Waals surface area contributed by atoms with E-state index >= 15 is 0 Å². The van der Waals surface area contributed by atoms with Crippen molar-refractivity contribution in [2.45, 2.75) is 32.1 Å². The van der Waals surface area contributed by atoms with E-state index in [1.807, 2.05) is 12.3 Å². The summed E-state index contributed by atoms with van der Waals surface area (Å²) in [6.07, 6.45) is 0.916. The molecule has 1 amide bonds. The number of hydrogen-bond donors (Lipinski definition) is 2. The molecule has 7 heteroatoms. The number of nitrogens with zero attached hydrogens (tertiary/aromatic N) is 1. The molecular formula is C11H16N2O3S2. The van der Waals surface area contributed by atoms with E-state index in [-0.39, 0.29) is 5.91 Å². The van der Waals surface area contributed by atoms with E-state index in [9.17, 15) is 9.59 Å². The second-order valence-corrected chi connectivity index (χ2v) is 5.67. The van der Waals surface area contributed by atoms with Crippen LogP contribution >= 0.6 is 23.1 Å². The maximum absolute atomic E-state index is 10.9. The standard InChI is InChI=1S/C11H16N2O3S2/c1-3-10-13-8(5-18-10)4-17-6-9(11(15)16)12-7(2)14/h5,9H,3-4,6H2,1-2H3,(H,12,14)(H,15,16)/t9-/m0/s1. The van der Waals surface area contributed by atoms with Crippen molar-refractivity contribution >= 4 is 35.0 Å². The topological polar surface area (TPSA) is 79.3 Å². The first-order valence-corrected chi connectivity index (χ1v) is 7.57.